The molecule has 0 aromatic rings. The fraction of sp³-hybridized carbons (Fsp3) is 0.750. The normalized spacial score (nSPS) is 23.6. The molecule has 0 radical (unpaired) electrons. The highest BCUT2D eigenvalue weighted by atomic mass is 16.7. The Labute approximate surface area is 111 Å². The van der Waals surface area contributed by atoms with Crippen molar-refractivity contribution in [3.8, 4) is 0 Å². The molecule has 0 spiro atoms. The van der Waals surface area contributed by atoms with Crippen LogP contribution in [0.2, 0.25) is 0 Å². The maximum Gasteiger partial charge on any atom is 0.328 e. The standard InChI is InChI=1S/C12H18N2O5/c1-7(2)5-12(6-8-18-3-4-19-8)9(15)13-11(17)14-10(12)16/h7-8H,3-6H2,1-2H3,(H2,13,14,15,16,17). The summed E-state index contributed by atoms with van der Waals surface area (Å²) in [4.78, 5) is 35.5. The molecule has 0 aliphatic carbocycles. The first-order valence-corrected chi connectivity index (χ1v) is 6.34. The Hall–Kier alpha value is -1.47. The van der Waals surface area contributed by atoms with Crippen molar-refractivity contribution in [1.82, 2.24) is 10.6 Å². The number of imide groups is 2. The predicted molar refractivity (Wildman–Crippen MR) is 63.9 cm³/mol. The molecule has 0 atom stereocenters. The van der Waals surface area contributed by atoms with Gasteiger partial charge in [-0.05, 0) is 12.3 Å². The molecule has 0 bridgehead atoms. The van der Waals surface area contributed by atoms with Crippen LogP contribution >= 0.6 is 0 Å². The van der Waals surface area contributed by atoms with E-state index in [9.17, 15) is 14.4 Å². The summed E-state index contributed by atoms with van der Waals surface area (Å²) in [5.74, 6) is -1.03. The Balaban J connectivity index is 2.24. The van der Waals surface area contributed by atoms with Gasteiger partial charge in [0.25, 0.3) is 0 Å². The molecule has 2 fully saturated rings. The molecule has 106 valence electrons. The first kappa shape index (κ1) is 14.0. The lowest BCUT2D eigenvalue weighted by Gasteiger charge is -2.36. The van der Waals surface area contributed by atoms with Gasteiger partial charge in [-0.1, -0.05) is 13.8 Å². The summed E-state index contributed by atoms with van der Waals surface area (Å²) in [6.07, 6.45) is -0.124. The van der Waals surface area contributed by atoms with E-state index in [2.05, 4.69) is 10.6 Å². The number of carbonyl (C=O) groups is 3. The number of nitrogens with one attached hydrogen (secondary N) is 2. The van der Waals surface area contributed by atoms with Crippen LogP contribution in [-0.4, -0.2) is 37.3 Å². The van der Waals surface area contributed by atoms with Crippen molar-refractivity contribution in [2.75, 3.05) is 13.2 Å². The molecule has 19 heavy (non-hydrogen) atoms. The van der Waals surface area contributed by atoms with Crippen LogP contribution in [0.5, 0.6) is 0 Å². The van der Waals surface area contributed by atoms with E-state index < -0.39 is 29.6 Å². The Kier molecular flexibility index (Phi) is 3.86. The van der Waals surface area contributed by atoms with E-state index in [0.717, 1.165) is 0 Å². The minimum atomic E-state index is -1.31. The van der Waals surface area contributed by atoms with Crippen LogP contribution in [0.1, 0.15) is 26.7 Å². The predicted octanol–water partition coefficient (Wildman–Crippen LogP) is 0.148. The second kappa shape index (κ2) is 5.26. The van der Waals surface area contributed by atoms with Crippen LogP contribution in [0.25, 0.3) is 0 Å². The fourth-order valence-corrected chi connectivity index (χ4v) is 2.54. The molecule has 7 heteroatoms. The van der Waals surface area contributed by atoms with Crippen LogP contribution in [-0.2, 0) is 19.1 Å². The molecular weight excluding hydrogens is 252 g/mol. The lowest BCUT2D eigenvalue weighted by atomic mass is 9.74. The van der Waals surface area contributed by atoms with E-state index in [1.807, 2.05) is 13.8 Å². The zero-order chi connectivity index (χ0) is 14.0. The average Bonchev–Trinajstić information content (AvgIpc) is 2.77. The molecular formula is C12H18N2O5. The molecule has 7 nitrogen and oxygen atoms in total. The van der Waals surface area contributed by atoms with Gasteiger partial charge in [0, 0.05) is 6.42 Å². The highest BCUT2D eigenvalue weighted by Gasteiger charge is 2.52. The van der Waals surface area contributed by atoms with Crippen LogP contribution in [0.4, 0.5) is 4.79 Å². The van der Waals surface area contributed by atoms with Gasteiger partial charge in [-0.3, -0.25) is 20.2 Å². The molecule has 2 N–H and O–H groups in total. The Bertz CT molecular complexity index is 381. The number of hydrogen-bond donors (Lipinski definition) is 2. The molecule has 4 amide bonds. The third kappa shape index (κ3) is 2.76. The van der Waals surface area contributed by atoms with E-state index in [4.69, 9.17) is 9.47 Å². The quantitative estimate of drug-likeness (QED) is 0.709. The highest BCUT2D eigenvalue weighted by Crippen LogP contribution is 2.36. The monoisotopic (exact) mass is 270 g/mol. The summed E-state index contributed by atoms with van der Waals surface area (Å²) in [5.41, 5.74) is -1.31. The number of hydrogen-bond acceptors (Lipinski definition) is 5. The van der Waals surface area contributed by atoms with E-state index in [-0.39, 0.29) is 12.3 Å². The largest absolute Gasteiger partial charge is 0.350 e. The van der Waals surface area contributed by atoms with Crippen molar-refractivity contribution in [2.45, 2.75) is 33.0 Å². The van der Waals surface area contributed by atoms with Gasteiger partial charge in [0.1, 0.15) is 5.41 Å². The fourth-order valence-electron chi connectivity index (χ4n) is 2.54. The first-order valence-electron chi connectivity index (χ1n) is 6.34. The van der Waals surface area contributed by atoms with E-state index in [1.165, 1.54) is 0 Å². The summed E-state index contributed by atoms with van der Waals surface area (Å²) >= 11 is 0. The van der Waals surface area contributed by atoms with Gasteiger partial charge in [0.2, 0.25) is 11.8 Å². The highest BCUT2D eigenvalue weighted by molar-refractivity contribution is 6.19. The van der Waals surface area contributed by atoms with Crippen LogP contribution in [0, 0.1) is 11.3 Å². The first-order chi connectivity index (χ1) is 8.94. The van der Waals surface area contributed by atoms with Crippen molar-refractivity contribution >= 4 is 17.8 Å². The Morgan fingerprint density at radius 1 is 1.16 bits per heavy atom. The maximum absolute atomic E-state index is 12.2. The topological polar surface area (TPSA) is 93.7 Å². The van der Waals surface area contributed by atoms with Crippen molar-refractivity contribution < 1.29 is 23.9 Å². The maximum atomic E-state index is 12.2. The second-order valence-electron chi connectivity index (χ2n) is 5.29. The Morgan fingerprint density at radius 2 is 1.68 bits per heavy atom. The summed E-state index contributed by atoms with van der Waals surface area (Å²) < 4.78 is 10.6. The molecule has 2 heterocycles. The van der Waals surface area contributed by atoms with E-state index in [0.29, 0.717) is 19.6 Å². The van der Waals surface area contributed by atoms with Crippen molar-refractivity contribution in [2.24, 2.45) is 11.3 Å². The second-order valence-corrected chi connectivity index (χ2v) is 5.29. The number of barbiturate groups is 1. The summed E-state index contributed by atoms with van der Waals surface area (Å²) in [6.45, 7) is 4.72. The minimum Gasteiger partial charge on any atom is -0.350 e. The van der Waals surface area contributed by atoms with Crippen molar-refractivity contribution in [3.05, 3.63) is 0 Å². The minimum absolute atomic E-state index is 0.117. The Morgan fingerprint density at radius 3 is 2.16 bits per heavy atom. The van der Waals surface area contributed by atoms with Crippen LogP contribution in [0.3, 0.4) is 0 Å². The molecule has 0 aromatic carbocycles. The number of ether oxygens (including phenoxy) is 2. The summed E-state index contributed by atoms with van der Waals surface area (Å²) in [6, 6.07) is -0.775. The number of rotatable bonds is 4. The van der Waals surface area contributed by atoms with Crippen molar-refractivity contribution in [1.29, 1.82) is 0 Å². The summed E-state index contributed by atoms with van der Waals surface area (Å²) in [7, 11) is 0. The molecule has 0 saturated carbocycles. The van der Waals surface area contributed by atoms with Crippen molar-refractivity contribution in [3.63, 3.8) is 0 Å². The van der Waals surface area contributed by atoms with Gasteiger partial charge >= 0.3 is 6.03 Å². The van der Waals surface area contributed by atoms with Gasteiger partial charge in [-0.25, -0.2) is 4.79 Å². The third-order valence-electron chi connectivity index (χ3n) is 3.29. The van der Waals surface area contributed by atoms with Gasteiger partial charge in [-0.2, -0.15) is 0 Å². The SMILES string of the molecule is CC(C)CC1(CC2OCCO2)C(=O)NC(=O)NC1=O. The van der Waals surface area contributed by atoms with Gasteiger partial charge in [0.15, 0.2) is 6.29 Å². The van der Waals surface area contributed by atoms with Gasteiger partial charge in [0.05, 0.1) is 13.2 Å². The molecule has 2 saturated heterocycles. The van der Waals surface area contributed by atoms with Crippen LogP contribution in [0.15, 0.2) is 0 Å². The molecule has 0 unspecified atom stereocenters. The number of urea groups is 1. The lowest BCUT2D eigenvalue weighted by molar-refractivity contribution is -0.154. The lowest BCUT2D eigenvalue weighted by Crippen LogP contribution is -2.63. The number of carbonyl (C=O) groups excluding carboxylic acids is 3. The smallest absolute Gasteiger partial charge is 0.328 e. The van der Waals surface area contributed by atoms with Crippen LogP contribution < -0.4 is 10.6 Å². The molecule has 2 aliphatic rings. The molecule has 0 aromatic heterocycles. The number of amides is 4. The zero-order valence-electron chi connectivity index (χ0n) is 11.0. The molecule has 2 rings (SSSR count). The summed E-state index contributed by atoms with van der Waals surface area (Å²) in [5, 5.41) is 4.32. The molecule has 2 aliphatic heterocycles. The van der Waals surface area contributed by atoms with Gasteiger partial charge < -0.3 is 9.47 Å². The average molecular weight is 270 g/mol. The van der Waals surface area contributed by atoms with E-state index >= 15 is 0 Å². The van der Waals surface area contributed by atoms with E-state index in [1.54, 1.807) is 0 Å². The third-order valence-corrected chi connectivity index (χ3v) is 3.29. The van der Waals surface area contributed by atoms with Gasteiger partial charge in [-0.15, -0.1) is 0 Å². The zero-order valence-corrected chi connectivity index (χ0v) is 11.0.